The monoisotopic (exact) mass is 687 g/mol. The summed E-state index contributed by atoms with van der Waals surface area (Å²) in [5.41, 5.74) is 0.450. The van der Waals surface area contributed by atoms with E-state index in [2.05, 4.69) is 14.8 Å². The first-order valence-corrected chi connectivity index (χ1v) is 15.8. The zero-order chi connectivity index (χ0) is 33.1. The molecule has 45 heavy (non-hydrogen) atoms. The van der Waals surface area contributed by atoms with Gasteiger partial charge in [0.2, 0.25) is 0 Å². The SMILES string of the molecule is Cc1nccn1Cc1ccc(-c2cc(CC(C)C)sc2S(=O)(=O)NC(=O)N(Cc2cc(Cl)ccn2)OC(=O)C(F)(F)F)cc1F. The van der Waals surface area contributed by atoms with E-state index in [4.69, 9.17) is 11.6 Å². The smallest absolute Gasteiger partial charge is 0.331 e. The number of alkyl halides is 3. The standard InChI is InChI=1S/C28H26ClF4N5O5S2/c1-16(2)10-22-13-23(18-4-5-19(24(30)11-18)14-37-9-8-34-17(37)3)25(44-22)45(41,42)36-27(40)38(43-26(39)28(31,32)33)15-21-12-20(29)6-7-35-21/h4-9,11-13,16H,10,14-15H2,1-3H3,(H,36,40). The van der Waals surface area contributed by atoms with Crippen LogP contribution in [-0.2, 0) is 39.2 Å². The molecule has 0 bridgehead atoms. The van der Waals surface area contributed by atoms with Crippen LogP contribution in [0.2, 0.25) is 5.02 Å². The van der Waals surface area contributed by atoms with Crippen molar-refractivity contribution in [3.63, 3.8) is 0 Å². The van der Waals surface area contributed by atoms with Crippen molar-refractivity contribution in [1.82, 2.24) is 24.3 Å². The number of carbonyl (C=O) groups is 2. The average Bonchev–Trinajstić information content (AvgIpc) is 3.54. The summed E-state index contributed by atoms with van der Waals surface area (Å²) in [6, 6.07) is 6.55. The predicted molar refractivity (Wildman–Crippen MR) is 157 cm³/mol. The van der Waals surface area contributed by atoms with Gasteiger partial charge in [0, 0.05) is 39.6 Å². The maximum Gasteiger partial charge on any atom is 0.493 e. The van der Waals surface area contributed by atoms with Crippen LogP contribution >= 0.6 is 22.9 Å². The van der Waals surface area contributed by atoms with E-state index in [-0.39, 0.29) is 39.4 Å². The molecule has 1 aromatic carbocycles. The second-order valence-electron chi connectivity index (χ2n) is 10.2. The summed E-state index contributed by atoms with van der Waals surface area (Å²) in [4.78, 5) is 37.4. The minimum absolute atomic E-state index is 0.0653. The highest BCUT2D eigenvalue weighted by Gasteiger charge is 2.44. The molecule has 0 radical (unpaired) electrons. The Kier molecular flexibility index (Phi) is 10.2. The summed E-state index contributed by atoms with van der Waals surface area (Å²) < 4.78 is 84.4. The average molecular weight is 688 g/mol. The third-order valence-corrected chi connectivity index (χ3v) is 9.43. The zero-order valence-electron chi connectivity index (χ0n) is 23.9. The van der Waals surface area contributed by atoms with E-state index in [0.29, 0.717) is 22.7 Å². The summed E-state index contributed by atoms with van der Waals surface area (Å²) in [6.45, 7) is 4.87. The molecule has 0 fully saturated rings. The van der Waals surface area contributed by atoms with Gasteiger partial charge in [-0.15, -0.1) is 16.4 Å². The Hall–Kier alpha value is -4.02. The van der Waals surface area contributed by atoms with Gasteiger partial charge in [-0.3, -0.25) is 4.98 Å². The van der Waals surface area contributed by atoms with Crippen LogP contribution in [0, 0.1) is 18.7 Å². The molecule has 4 rings (SSSR count). The summed E-state index contributed by atoms with van der Waals surface area (Å²) in [6.07, 6.45) is -0.614. The van der Waals surface area contributed by atoms with Crippen molar-refractivity contribution in [2.45, 2.75) is 50.7 Å². The van der Waals surface area contributed by atoms with Gasteiger partial charge in [-0.1, -0.05) is 37.6 Å². The van der Waals surface area contributed by atoms with Crippen LogP contribution in [0.1, 0.15) is 35.8 Å². The minimum atomic E-state index is -5.50. The highest BCUT2D eigenvalue weighted by atomic mass is 35.5. The van der Waals surface area contributed by atoms with Crippen LogP contribution in [0.5, 0.6) is 0 Å². The van der Waals surface area contributed by atoms with Crippen LogP contribution in [-0.4, -0.2) is 46.2 Å². The number of thiophene rings is 1. The Morgan fingerprint density at radius 2 is 1.87 bits per heavy atom. The lowest BCUT2D eigenvalue weighted by Gasteiger charge is -2.21. The number of aryl methyl sites for hydroxylation is 1. The highest BCUT2D eigenvalue weighted by molar-refractivity contribution is 7.92. The summed E-state index contributed by atoms with van der Waals surface area (Å²) in [7, 11) is -4.82. The Morgan fingerprint density at radius 1 is 1.13 bits per heavy atom. The number of sulfonamides is 1. The molecule has 10 nitrogen and oxygen atoms in total. The molecular weight excluding hydrogens is 662 g/mol. The van der Waals surface area contributed by atoms with Gasteiger partial charge in [0.25, 0.3) is 10.0 Å². The Bertz CT molecular complexity index is 1830. The lowest BCUT2D eigenvalue weighted by molar-refractivity contribution is -0.229. The molecule has 1 N–H and O–H groups in total. The number of imidazole rings is 1. The molecule has 2 amide bonds. The summed E-state index contributed by atoms with van der Waals surface area (Å²) in [5, 5.41) is -0.0181. The van der Waals surface area contributed by atoms with Gasteiger partial charge < -0.3 is 9.40 Å². The van der Waals surface area contributed by atoms with E-state index in [0.717, 1.165) is 17.4 Å². The molecule has 0 atom stereocenters. The third kappa shape index (κ3) is 8.58. The van der Waals surface area contributed by atoms with Gasteiger partial charge in [-0.2, -0.15) is 13.2 Å². The zero-order valence-corrected chi connectivity index (χ0v) is 26.3. The second-order valence-corrected chi connectivity index (χ2v) is 13.7. The van der Waals surface area contributed by atoms with Crippen LogP contribution < -0.4 is 4.72 Å². The van der Waals surface area contributed by atoms with Crippen molar-refractivity contribution in [2.24, 2.45) is 5.92 Å². The van der Waals surface area contributed by atoms with Crippen molar-refractivity contribution in [3.8, 4) is 11.1 Å². The van der Waals surface area contributed by atoms with Crippen molar-refractivity contribution < 1.29 is 40.4 Å². The molecule has 0 unspecified atom stereocenters. The minimum Gasteiger partial charge on any atom is -0.331 e. The summed E-state index contributed by atoms with van der Waals surface area (Å²) in [5.74, 6) is -2.63. The third-order valence-electron chi connectivity index (χ3n) is 6.19. The predicted octanol–water partition coefficient (Wildman–Crippen LogP) is 6.28. The quantitative estimate of drug-likeness (QED) is 0.162. The Labute approximate surface area is 264 Å². The van der Waals surface area contributed by atoms with Crippen molar-refractivity contribution in [3.05, 3.63) is 87.8 Å². The molecular formula is C28H26ClF4N5O5S2. The summed E-state index contributed by atoms with van der Waals surface area (Å²) >= 11 is 6.69. The fraction of sp³-hybridized carbons (Fsp3) is 0.286. The van der Waals surface area contributed by atoms with Gasteiger partial charge in [-0.25, -0.2) is 32.1 Å². The topological polar surface area (TPSA) is 123 Å². The highest BCUT2D eigenvalue weighted by Crippen LogP contribution is 2.37. The van der Waals surface area contributed by atoms with E-state index in [1.165, 1.54) is 30.5 Å². The molecule has 0 spiro atoms. The molecule has 17 heteroatoms. The first-order chi connectivity index (χ1) is 21.0. The Balaban J connectivity index is 1.68. The van der Waals surface area contributed by atoms with E-state index >= 15 is 4.39 Å². The normalized spacial score (nSPS) is 11.9. The number of urea groups is 1. The van der Waals surface area contributed by atoms with Crippen LogP contribution in [0.15, 0.2) is 59.2 Å². The first-order valence-electron chi connectivity index (χ1n) is 13.2. The van der Waals surface area contributed by atoms with Crippen LogP contribution in [0.3, 0.4) is 0 Å². The van der Waals surface area contributed by atoms with Gasteiger partial charge >= 0.3 is 18.2 Å². The molecule has 0 saturated heterocycles. The molecule has 3 heterocycles. The van der Waals surface area contributed by atoms with Crippen molar-refractivity contribution in [1.29, 1.82) is 0 Å². The van der Waals surface area contributed by atoms with Crippen LogP contribution in [0.4, 0.5) is 22.4 Å². The number of hydroxylamine groups is 2. The molecule has 0 aliphatic heterocycles. The molecule has 240 valence electrons. The van der Waals surface area contributed by atoms with Crippen LogP contribution in [0.25, 0.3) is 11.1 Å². The van der Waals surface area contributed by atoms with E-state index in [9.17, 15) is 31.2 Å². The van der Waals surface area contributed by atoms with E-state index in [1.54, 1.807) is 34.7 Å². The number of aromatic nitrogens is 3. The molecule has 0 aliphatic carbocycles. The number of halogens is 5. The largest absolute Gasteiger partial charge is 0.493 e. The maximum atomic E-state index is 15.3. The van der Waals surface area contributed by atoms with Crippen molar-refractivity contribution in [2.75, 3.05) is 0 Å². The van der Waals surface area contributed by atoms with Gasteiger partial charge in [0.05, 0.1) is 12.2 Å². The number of nitrogens with zero attached hydrogens (tertiary/aromatic N) is 4. The van der Waals surface area contributed by atoms with Gasteiger partial charge in [0.15, 0.2) is 0 Å². The number of rotatable bonds is 9. The first kappa shape index (κ1) is 33.9. The molecule has 0 saturated carbocycles. The molecule has 0 aliphatic rings. The Morgan fingerprint density at radius 3 is 2.47 bits per heavy atom. The fourth-order valence-electron chi connectivity index (χ4n) is 4.12. The number of benzene rings is 1. The lowest BCUT2D eigenvalue weighted by atomic mass is 10.0. The molecule has 4 aromatic rings. The number of hydrogen-bond donors (Lipinski definition) is 1. The second kappa shape index (κ2) is 13.5. The van der Waals surface area contributed by atoms with E-state index in [1.807, 2.05) is 13.8 Å². The van der Waals surface area contributed by atoms with Crippen molar-refractivity contribution >= 4 is 45.0 Å². The fourth-order valence-corrected chi connectivity index (χ4v) is 7.19. The number of nitrogens with one attached hydrogen (secondary N) is 1. The lowest BCUT2D eigenvalue weighted by Crippen LogP contribution is -2.45. The van der Waals surface area contributed by atoms with Gasteiger partial charge in [0.1, 0.15) is 22.4 Å². The number of hydrogen-bond acceptors (Lipinski definition) is 8. The number of amides is 2. The molecule has 3 aromatic heterocycles. The van der Waals surface area contributed by atoms with E-state index < -0.39 is 44.8 Å². The van der Waals surface area contributed by atoms with Gasteiger partial charge in [-0.05, 0) is 49.1 Å². The maximum absolute atomic E-state index is 15.3. The number of pyridine rings is 1. The number of carbonyl (C=O) groups excluding carboxylic acids is 2.